The van der Waals surface area contributed by atoms with E-state index in [0.29, 0.717) is 0 Å². The number of allylic oxidation sites excluding steroid dienone is 2. The van der Waals surface area contributed by atoms with Crippen LogP contribution in [0.3, 0.4) is 0 Å². The second-order valence-corrected chi connectivity index (χ2v) is 2.51. The van der Waals surface area contributed by atoms with Gasteiger partial charge in [-0.2, -0.15) is 0 Å². The average Bonchev–Trinajstić information content (AvgIpc) is 2.33. The number of rotatable bonds is 0. The predicted octanol–water partition coefficient (Wildman–Crippen LogP) is 1.35. The van der Waals surface area contributed by atoms with Gasteiger partial charge in [0.25, 0.3) is 0 Å². The second kappa shape index (κ2) is 1.90. The molecule has 0 aromatic rings. The molecule has 10 heavy (non-hydrogen) atoms. The average molecular weight is 132 g/mol. The molecule has 2 rings (SSSR count). The molecule has 0 spiro atoms. The summed E-state index contributed by atoms with van der Waals surface area (Å²) in [5.41, 5.74) is 2.32. The first-order valence-electron chi connectivity index (χ1n) is 3.32. The van der Waals surface area contributed by atoms with E-state index in [0.717, 1.165) is 5.71 Å². The predicted molar refractivity (Wildman–Crippen MR) is 42.6 cm³/mol. The zero-order chi connectivity index (χ0) is 6.97. The molecule has 2 heteroatoms. The Bertz CT molecular complexity index is 269. The lowest BCUT2D eigenvalue weighted by Gasteiger charge is -2.07. The van der Waals surface area contributed by atoms with E-state index in [1.165, 1.54) is 5.57 Å². The number of fused-ring (bicyclic) bond motifs is 1. The SMILES string of the molecule is CC1=CC2=NC=NC2C=C1. The van der Waals surface area contributed by atoms with Crippen molar-refractivity contribution in [3.05, 3.63) is 23.8 Å². The van der Waals surface area contributed by atoms with E-state index in [4.69, 9.17) is 0 Å². The maximum Gasteiger partial charge on any atom is 0.112 e. The van der Waals surface area contributed by atoms with E-state index in [2.05, 4.69) is 35.1 Å². The highest BCUT2D eigenvalue weighted by Gasteiger charge is 2.14. The summed E-state index contributed by atoms with van der Waals surface area (Å²) in [5, 5.41) is 0. The Labute approximate surface area is 59.7 Å². The smallest absolute Gasteiger partial charge is 0.112 e. The minimum Gasteiger partial charge on any atom is -0.260 e. The van der Waals surface area contributed by atoms with Crippen LogP contribution in [0.1, 0.15) is 6.92 Å². The third kappa shape index (κ3) is 0.727. The molecule has 1 aliphatic carbocycles. The van der Waals surface area contributed by atoms with Gasteiger partial charge in [-0.25, -0.2) is 4.99 Å². The van der Waals surface area contributed by atoms with Gasteiger partial charge in [0.1, 0.15) is 12.4 Å². The van der Waals surface area contributed by atoms with Crippen molar-refractivity contribution in [3.8, 4) is 0 Å². The minimum atomic E-state index is 0.212. The Morgan fingerprint density at radius 2 is 2.40 bits per heavy atom. The topological polar surface area (TPSA) is 24.7 Å². The van der Waals surface area contributed by atoms with Gasteiger partial charge in [-0.05, 0) is 18.6 Å². The molecule has 0 bridgehead atoms. The number of hydrogen-bond donors (Lipinski definition) is 0. The molecular weight excluding hydrogens is 124 g/mol. The summed E-state index contributed by atoms with van der Waals surface area (Å²) in [7, 11) is 0. The number of nitrogens with zero attached hydrogens (tertiary/aromatic N) is 2. The van der Waals surface area contributed by atoms with E-state index in [1.807, 2.05) is 0 Å². The first-order chi connectivity index (χ1) is 4.86. The lowest BCUT2D eigenvalue weighted by molar-refractivity contribution is 1.10. The minimum absolute atomic E-state index is 0.212. The molecule has 0 aromatic heterocycles. The molecular formula is C8H8N2. The van der Waals surface area contributed by atoms with E-state index in [-0.39, 0.29) is 6.04 Å². The molecule has 1 unspecified atom stereocenters. The van der Waals surface area contributed by atoms with Crippen molar-refractivity contribution in [2.45, 2.75) is 13.0 Å². The van der Waals surface area contributed by atoms with E-state index < -0.39 is 0 Å². The Morgan fingerprint density at radius 1 is 1.50 bits per heavy atom. The summed E-state index contributed by atoms with van der Waals surface area (Å²) in [6, 6.07) is 0.212. The first-order valence-corrected chi connectivity index (χ1v) is 3.32. The molecule has 0 radical (unpaired) electrons. The summed E-state index contributed by atoms with van der Waals surface area (Å²) in [4.78, 5) is 8.24. The molecule has 0 amide bonds. The molecule has 1 atom stereocenters. The zero-order valence-electron chi connectivity index (χ0n) is 5.78. The van der Waals surface area contributed by atoms with Gasteiger partial charge >= 0.3 is 0 Å². The normalized spacial score (nSPS) is 27.9. The maximum atomic E-state index is 4.13. The van der Waals surface area contributed by atoms with Gasteiger partial charge in [0.2, 0.25) is 0 Å². The van der Waals surface area contributed by atoms with E-state index in [9.17, 15) is 0 Å². The summed E-state index contributed by atoms with van der Waals surface area (Å²) in [6.07, 6.45) is 7.83. The molecule has 0 fully saturated rings. The highest BCUT2D eigenvalue weighted by molar-refractivity contribution is 6.08. The molecule has 0 saturated carbocycles. The summed E-state index contributed by atoms with van der Waals surface area (Å²) in [5.74, 6) is 0. The van der Waals surface area contributed by atoms with Crippen molar-refractivity contribution >= 4 is 12.1 Å². The fraction of sp³-hybridized carbons (Fsp3) is 0.250. The highest BCUT2D eigenvalue weighted by Crippen LogP contribution is 2.13. The lowest BCUT2D eigenvalue weighted by Crippen LogP contribution is -2.12. The molecule has 2 aliphatic rings. The van der Waals surface area contributed by atoms with Crippen LogP contribution in [0.2, 0.25) is 0 Å². The fourth-order valence-corrected chi connectivity index (χ4v) is 1.12. The van der Waals surface area contributed by atoms with E-state index >= 15 is 0 Å². The highest BCUT2D eigenvalue weighted by atomic mass is 15.0. The molecule has 1 heterocycles. The molecule has 2 nitrogen and oxygen atoms in total. The molecule has 0 N–H and O–H groups in total. The van der Waals surface area contributed by atoms with E-state index in [1.54, 1.807) is 6.34 Å². The Kier molecular flexibility index (Phi) is 1.07. The van der Waals surface area contributed by atoms with Crippen molar-refractivity contribution in [1.82, 2.24) is 0 Å². The van der Waals surface area contributed by atoms with Crippen molar-refractivity contribution < 1.29 is 0 Å². The molecule has 0 aromatic carbocycles. The summed E-state index contributed by atoms with van der Waals surface area (Å²) >= 11 is 0. The van der Waals surface area contributed by atoms with Gasteiger partial charge in [0.15, 0.2) is 0 Å². The quantitative estimate of drug-likeness (QED) is 0.475. The number of hydrogen-bond acceptors (Lipinski definition) is 2. The Hall–Kier alpha value is -1.18. The van der Waals surface area contributed by atoms with Gasteiger partial charge in [0.05, 0.1) is 5.71 Å². The number of aliphatic imine (C=N–C) groups is 2. The van der Waals surface area contributed by atoms with Crippen molar-refractivity contribution in [1.29, 1.82) is 0 Å². The standard InChI is InChI=1S/C8H8N2/c1-6-2-3-7-8(4-6)10-5-9-7/h2-5,7H,1H3. The lowest BCUT2D eigenvalue weighted by atomic mass is 10.0. The molecule has 50 valence electrons. The van der Waals surface area contributed by atoms with Gasteiger partial charge in [-0.3, -0.25) is 4.99 Å². The summed E-state index contributed by atoms with van der Waals surface area (Å²) in [6.45, 7) is 2.06. The van der Waals surface area contributed by atoms with Crippen molar-refractivity contribution in [2.75, 3.05) is 0 Å². The van der Waals surface area contributed by atoms with Gasteiger partial charge in [-0.15, -0.1) is 0 Å². The van der Waals surface area contributed by atoms with Crippen LogP contribution in [0.15, 0.2) is 33.8 Å². The first kappa shape index (κ1) is 5.59. The monoisotopic (exact) mass is 132 g/mol. The Balaban J connectivity index is 2.39. The largest absolute Gasteiger partial charge is 0.260 e. The van der Waals surface area contributed by atoms with Crippen LogP contribution >= 0.6 is 0 Å². The second-order valence-electron chi connectivity index (χ2n) is 2.51. The third-order valence-corrected chi connectivity index (χ3v) is 1.65. The van der Waals surface area contributed by atoms with Gasteiger partial charge < -0.3 is 0 Å². The van der Waals surface area contributed by atoms with Crippen molar-refractivity contribution in [2.24, 2.45) is 9.98 Å². The zero-order valence-corrected chi connectivity index (χ0v) is 5.78. The Morgan fingerprint density at radius 3 is 3.30 bits per heavy atom. The van der Waals surface area contributed by atoms with Crippen molar-refractivity contribution in [3.63, 3.8) is 0 Å². The van der Waals surface area contributed by atoms with Gasteiger partial charge in [-0.1, -0.05) is 12.2 Å². The maximum absolute atomic E-state index is 4.13. The van der Waals surface area contributed by atoms with Crippen LogP contribution in [0, 0.1) is 0 Å². The van der Waals surface area contributed by atoms with Crippen LogP contribution in [0.4, 0.5) is 0 Å². The molecule has 1 aliphatic heterocycles. The van der Waals surface area contributed by atoms with Crippen LogP contribution in [0.25, 0.3) is 0 Å². The van der Waals surface area contributed by atoms with Crippen LogP contribution in [-0.2, 0) is 0 Å². The van der Waals surface area contributed by atoms with Crippen LogP contribution in [-0.4, -0.2) is 18.1 Å². The summed E-state index contributed by atoms with van der Waals surface area (Å²) < 4.78 is 0. The van der Waals surface area contributed by atoms with Crippen LogP contribution in [0.5, 0.6) is 0 Å². The third-order valence-electron chi connectivity index (χ3n) is 1.65. The molecule has 0 saturated heterocycles. The fourth-order valence-electron chi connectivity index (χ4n) is 1.12. The van der Waals surface area contributed by atoms with Crippen LogP contribution < -0.4 is 0 Å². The van der Waals surface area contributed by atoms with Gasteiger partial charge in [0, 0.05) is 0 Å².